The van der Waals surface area contributed by atoms with E-state index in [9.17, 15) is 11.0 Å². The number of hydrogen-bond donors (Lipinski definition) is 0. The van der Waals surface area contributed by atoms with E-state index >= 15 is 0 Å². The molecule has 11 aromatic rings. The molecule has 0 aromatic heterocycles. The van der Waals surface area contributed by atoms with Crippen LogP contribution in [0, 0.1) is 0 Å². The van der Waals surface area contributed by atoms with Gasteiger partial charge < -0.3 is 4.90 Å². The van der Waals surface area contributed by atoms with Gasteiger partial charge >= 0.3 is 0 Å². The first kappa shape index (κ1) is 25.6. The second kappa shape index (κ2) is 13.7. The summed E-state index contributed by atoms with van der Waals surface area (Å²) in [6, 6.07) is 53.8. The van der Waals surface area contributed by atoms with Crippen LogP contribution in [0.3, 0.4) is 0 Å². The van der Waals surface area contributed by atoms with Crippen molar-refractivity contribution in [2.24, 2.45) is 0 Å². The third-order valence-electron chi connectivity index (χ3n) is 11.0. The molecule has 0 fully saturated rings. The summed E-state index contributed by atoms with van der Waals surface area (Å²) in [5, 5.41) is 9.33. The highest BCUT2D eigenvalue weighted by atomic mass is 15.1. The van der Waals surface area contributed by atoms with Crippen LogP contribution < -0.4 is 4.90 Å². The first-order chi connectivity index (χ1) is 31.6. The molecular formula is C56H37N. The van der Waals surface area contributed by atoms with Crippen molar-refractivity contribution in [2.75, 3.05) is 4.90 Å². The minimum absolute atomic E-state index is 0.121. The van der Waals surface area contributed by atoms with Gasteiger partial charge in [-0.25, -0.2) is 0 Å². The summed E-state index contributed by atoms with van der Waals surface area (Å²) in [4.78, 5) is 1.37. The van der Waals surface area contributed by atoms with Gasteiger partial charge in [-0.15, -0.1) is 0 Å². The zero-order valence-corrected chi connectivity index (χ0v) is 30.7. The van der Waals surface area contributed by atoms with Crippen LogP contribution in [0.4, 0.5) is 17.1 Å². The Morgan fingerprint density at radius 1 is 0.263 bits per heavy atom. The predicted octanol–water partition coefficient (Wildman–Crippen LogP) is 15.9. The van der Waals surface area contributed by atoms with Crippen molar-refractivity contribution in [2.45, 2.75) is 0 Å². The number of hydrogen-bond acceptors (Lipinski definition) is 1. The zero-order chi connectivity index (χ0) is 44.7. The fourth-order valence-electron chi connectivity index (χ4n) is 8.17. The summed E-state index contributed by atoms with van der Waals surface area (Å²) >= 11 is 0. The molecule has 57 heavy (non-hydrogen) atoms. The molecule has 266 valence electrons. The minimum Gasteiger partial charge on any atom is -0.311 e. The molecule has 11 aromatic carbocycles. The molecule has 11 rings (SSSR count). The summed E-state index contributed by atoms with van der Waals surface area (Å²) in [6.45, 7) is 0. The molecule has 1 heteroatoms. The van der Waals surface area contributed by atoms with Gasteiger partial charge in [-0.3, -0.25) is 0 Å². The van der Waals surface area contributed by atoms with Crippen LogP contribution >= 0.6 is 0 Å². The first-order valence-corrected chi connectivity index (χ1v) is 19.0. The van der Waals surface area contributed by atoms with Crippen LogP contribution in [-0.4, -0.2) is 0 Å². The molecule has 0 radical (unpaired) electrons. The van der Waals surface area contributed by atoms with Gasteiger partial charge in [0.1, 0.15) is 0 Å². The Hall–Kier alpha value is -7.48. The molecule has 0 heterocycles. The molecule has 0 amide bonds. The minimum atomic E-state index is -0.390. The Morgan fingerprint density at radius 2 is 0.667 bits per heavy atom. The first-order valence-electron chi connectivity index (χ1n) is 23.0. The van der Waals surface area contributed by atoms with E-state index in [-0.39, 0.29) is 46.7 Å². The Morgan fingerprint density at radius 3 is 1.18 bits per heavy atom. The van der Waals surface area contributed by atoms with Crippen LogP contribution in [0.25, 0.3) is 87.2 Å². The maximum absolute atomic E-state index is 9.72. The fraction of sp³-hybridized carbons (Fsp3) is 0. The molecule has 0 atom stereocenters. The van der Waals surface area contributed by atoms with Crippen molar-refractivity contribution in [1.29, 1.82) is 0 Å². The maximum atomic E-state index is 9.72. The van der Waals surface area contributed by atoms with Crippen molar-refractivity contribution in [3.05, 3.63) is 224 Å². The monoisotopic (exact) mass is 731 g/mol. The third-order valence-corrected chi connectivity index (χ3v) is 11.0. The van der Waals surface area contributed by atoms with Gasteiger partial charge in [-0.05, 0) is 142 Å². The van der Waals surface area contributed by atoms with Crippen molar-refractivity contribution >= 4 is 70.9 Å². The van der Waals surface area contributed by atoms with Crippen LogP contribution in [0.1, 0.15) is 11.0 Å². The Labute approximate surface area is 343 Å². The van der Waals surface area contributed by atoms with E-state index in [2.05, 4.69) is 24.3 Å². The molecule has 0 N–H and O–H groups in total. The number of nitrogens with zero attached hydrogens (tertiary/aromatic N) is 1. The largest absolute Gasteiger partial charge is 0.311 e. The molecular weight excluding hydrogens is 687 g/mol. The third kappa shape index (κ3) is 5.80. The average molecular weight is 732 g/mol. The lowest BCUT2D eigenvalue weighted by molar-refractivity contribution is 1.28. The number of fused-ring (bicyclic) bond motifs is 7. The molecule has 0 aliphatic rings. The highest BCUT2D eigenvalue weighted by Gasteiger charge is 2.16. The highest BCUT2D eigenvalue weighted by Crippen LogP contribution is 2.41. The van der Waals surface area contributed by atoms with Gasteiger partial charge in [0, 0.05) is 17.1 Å². The van der Waals surface area contributed by atoms with Gasteiger partial charge in [0.15, 0.2) is 0 Å². The van der Waals surface area contributed by atoms with Crippen LogP contribution in [0.5, 0.6) is 0 Å². The average Bonchev–Trinajstić information content (AvgIpc) is 3.35. The Balaban J connectivity index is 1.16. The summed E-state index contributed by atoms with van der Waals surface area (Å²) in [6.07, 6.45) is 0. The maximum Gasteiger partial charge on any atom is 0.0645 e. The standard InChI is InChI=1S/C56H37N/c1-2-12-42-35-43(22-21-38(42)11-1)39-23-29-46(30-24-39)57(47-31-25-40(26-32-47)55-36-44-13-3-5-15-49(44)51-17-7-9-19-53(51)55)48-33-27-41(28-34-48)56-37-45-14-4-6-16-50(45)52-18-8-10-20-54(52)56/h1-37H/i25D,26D,27D,28D,31D,32D,33D,34D. The predicted molar refractivity (Wildman–Crippen MR) is 245 cm³/mol. The van der Waals surface area contributed by atoms with E-state index in [0.29, 0.717) is 16.8 Å². The van der Waals surface area contributed by atoms with Crippen LogP contribution in [0.15, 0.2) is 224 Å². The van der Waals surface area contributed by atoms with E-state index < -0.39 is 24.2 Å². The highest BCUT2D eigenvalue weighted by molar-refractivity contribution is 6.15. The van der Waals surface area contributed by atoms with E-state index in [1.165, 1.54) is 4.90 Å². The molecule has 1 nitrogen and oxygen atoms in total. The van der Waals surface area contributed by atoms with E-state index in [4.69, 9.17) is 0 Å². The molecule has 0 saturated carbocycles. The lowest BCUT2D eigenvalue weighted by Crippen LogP contribution is -2.09. The van der Waals surface area contributed by atoms with Gasteiger partial charge in [0.2, 0.25) is 0 Å². The Bertz CT molecular complexity index is 3530. The Kier molecular flexibility index (Phi) is 6.13. The normalized spacial score (nSPS) is 13.5. The number of anilines is 3. The van der Waals surface area contributed by atoms with E-state index in [1.54, 1.807) is 12.1 Å². The SMILES string of the molecule is [2H]c1c([2H])c(N(c2ccc(-c3ccc4ccccc4c3)cc2)c2c([2H])c([2H])c(-c3cc4ccccc4c4ccccc34)c([2H])c2[2H])c([2H])c([2H])c1-c1cc2ccccc2c2ccccc12. The lowest BCUT2D eigenvalue weighted by Gasteiger charge is -2.26. The molecule has 0 spiro atoms. The zero-order valence-electron chi connectivity index (χ0n) is 38.7. The summed E-state index contributed by atoms with van der Waals surface area (Å²) in [7, 11) is 0. The summed E-state index contributed by atoms with van der Waals surface area (Å²) < 4.78 is 77.4. The van der Waals surface area contributed by atoms with Gasteiger partial charge in [0.25, 0.3) is 0 Å². The smallest absolute Gasteiger partial charge is 0.0645 e. The van der Waals surface area contributed by atoms with Gasteiger partial charge in [-0.1, -0.05) is 170 Å². The van der Waals surface area contributed by atoms with Crippen molar-refractivity contribution in [3.8, 4) is 33.4 Å². The van der Waals surface area contributed by atoms with Gasteiger partial charge in [-0.2, -0.15) is 0 Å². The molecule has 0 saturated heterocycles. The van der Waals surface area contributed by atoms with Crippen LogP contribution in [-0.2, 0) is 0 Å². The quantitative estimate of drug-likeness (QED) is 0.154. The number of rotatable bonds is 6. The van der Waals surface area contributed by atoms with E-state index in [1.807, 2.05) is 140 Å². The number of benzene rings is 11. The molecule has 0 aliphatic heterocycles. The summed E-state index contributed by atoms with van der Waals surface area (Å²) in [5.41, 5.74) is 3.10. The molecule has 0 bridgehead atoms. The fourth-order valence-corrected chi connectivity index (χ4v) is 8.17. The van der Waals surface area contributed by atoms with Crippen LogP contribution in [0.2, 0.25) is 0 Å². The van der Waals surface area contributed by atoms with Gasteiger partial charge in [0.05, 0.1) is 11.0 Å². The van der Waals surface area contributed by atoms with Crippen molar-refractivity contribution < 1.29 is 11.0 Å². The molecule has 0 unspecified atom stereocenters. The second-order valence-electron chi connectivity index (χ2n) is 14.3. The topological polar surface area (TPSA) is 3.24 Å². The molecule has 0 aliphatic carbocycles. The summed E-state index contributed by atoms with van der Waals surface area (Å²) in [5.74, 6) is 0. The lowest BCUT2D eigenvalue weighted by atomic mass is 9.93. The van der Waals surface area contributed by atoms with E-state index in [0.717, 1.165) is 65.0 Å². The second-order valence-corrected chi connectivity index (χ2v) is 14.3. The van der Waals surface area contributed by atoms with Crippen molar-refractivity contribution in [1.82, 2.24) is 0 Å². The van der Waals surface area contributed by atoms with Crippen molar-refractivity contribution in [3.63, 3.8) is 0 Å².